The molecule has 1 atom stereocenters. The first kappa shape index (κ1) is 16.9. The van der Waals surface area contributed by atoms with E-state index in [1.807, 2.05) is 36.4 Å². The number of piperidine rings is 1. The molecule has 1 unspecified atom stereocenters. The van der Waals surface area contributed by atoms with Gasteiger partial charge in [-0.05, 0) is 36.6 Å². The van der Waals surface area contributed by atoms with Crippen molar-refractivity contribution in [3.05, 3.63) is 76.3 Å². The second kappa shape index (κ2) is 6.61. The van der Waals surface area contributed by atoms with Crippen molar-refractivity contribution >= 4 is 29.6 Å². The second-order valence-corrected chi connectivity index (χ2v) is 7.05. The highest BCUT2D eigenvalue weighted by molar-refractivity contribution is 6.32. The number of nitrogens with zero attached hydrogens (tertiary/aromatic N) is 1. The molecule has 26 heavy (non-hydrogen) atoms. The summed E-state index contributed by atoms with van der Waals surface area (Å²) in [6, 6.07) is 14.8. The van der Waals surface area contributed by atoms with Crippen LogP contribution in [0, 0.1) is 0 Å². The van der Waals surface area contributed by atoms with Gasteiger partial charge in [-0.15, -0.1) is 0 Å². The van der Waals surface area contributed by atoms with Crippen molar-refractivity contribution in [1.82, 2.24) is 4.90 Å². The monoisotopic (exact) mass is 367 g/mol. The molecule has 2 aromatic rings. The van der Waals surface area contributed by atoms with Crippen LogP contribution in [0.25, 0.3) is 6.08 Å². The molecule has 1 fully saturated rings. The summed E-state index contributed by atoms with van der Waals surface area (Å²) in [6.07, 6.45) is 4.77. The third-order valence-electron chi connectivity index (χ3n) is 5.00. The third kappa shape index (κ3) is 2.90. The van der Waals surface area contributed by atoms with E-state index in [4.69, 9.17) is 16.3 Å². The van der Waals surface area contributed by atoms with Gasteiger partial charge in [0, 0.05) is 23.2 Å². The lowest BCUT2D eigenvalue weighted by atomic mass is 9.85. The predicted molar refractivity (Wildman–Crippen MR) is 99.8 cm³/mol. The Morgan fingerprint density at radius 3 is 2.77 bits per heavy atom. The minimum Gasteiger partial charge on any atom is -0.449 e. The fraction of sp³-hybridized carbons (Fsp3) is 0.238. The summed E-state index contributed by atoms with van der Waals surface area (Å²) in [5, 5.41) is 0.602. The van der Waals surface area contributed by atoms with E-state index < -0.39 is 5.60 Å². The Morgan fingerprint density at radius 2 is 1.92 bits per heavy atom. The number of esters is 1. The summed E-state index contributed by atoms with van der Waals surface area (Å²) >= 11 is 6.13. The van der Waals surface area contributed by atoms with Gasteiger partial charge in [0.1, 0.15) is 0 Å². The van der Waals surface area contributed by atoms with Gasteiger partial charge in [-0.2, -0.15) is 0 Å². The number of hydrogen-bond donors (Lipinski definition) is 0. The van der Waals surface area contributed by atoms with Crippen molar-refractivity contribution in [2.75, 3.05) is 13.1 Å². The molecule has 2 aromatic carbocycles. The van der Waals surface area contributed by atoms with E-state index in [1.165, 1.54) is 6.08 Å². The van der Waals surface area contributed by atoms with Crippen molar-refractivity contribution in [3.8, 4) is 0 Å². The van der Waals surface area contributed by atoms with Crippen LogP contribution < -0.4 is 0 Å². The largest absolute Gasteiger partial charge is 0.449 e. The number of hydrogen-bond acceptors (Lipinski definition) is 3. The number of benzene rings is 2. The highest BCUT2D eigenvalue weighted by Crippen LogP contribution is 2.42. The Kier molecular flexibility index (Phi) is 4.29. The summed E-state index contributed by atoms with van der Waals surface area (Å²) in [6.45, 7) is 1.02. The number of carbonyl (C=O) groups is 2. The Bertz CT molecular complexity index is 908. The zero-order valence-electron chi connectivity index (χ0n) is 14.2. The molecule has 1 spiro atoms. The SMILES string of the molecule is O=C1OC2(CCCN(C(=O)/C=C/c3ccccc3Cl)C2)c2ccccc21. The van der Waals surface area contributed by atoms with E-state index >= 15 is 0 Å². The van der Waals surface area contributed by atoms with Crippen LogP contribution in [-0.2, 0) is 15.1 Å². The summed E-state index contributed by atoms with van der Waals surface area (Å²) in [5.41, 5.74) is 1.57. The summed E-state index contributed by atoms with van der Waals surface area (Å²) in [5.74, 6) is -0.411. The number of carbonyl (C=O) groups excluding carboxylic acids is 2. The van der Waals surface area contributed by atoms with Crippen LogP contribution in [0.3, 0.4) is 0 Å². The molecule has 2 aliphatic rings. The number of rotatable bonds is 2. The number of halogens is 1. The second-order valence-electron chi connectivity index (χ2n) is 6.65. The molecule has 4 nitrogen and oxygen atoms in total. The van der Waals surface area contributed by atoms with Crippen molar-refractivity contribution in [2.24, 2.45) is 0 Å². The maximum atomic E-state index is 12.7. The Labute approximate surface area is 157 Å². The average molecular weight is 368 g/mol. The molecule has 0 saturated carbocycles. The lowest BCUT2D eigenvalue weighted by molar-refractivity contribution is -0.133. The molecule has 2 heterocycles. The van der Waals surface area contributed by atoms with E-state index in [2.05, 4.69) is 0 Å². The van der Waals surface area contributed by atoms with Crippen LogP contribution in [0.2, 0.25) is 5.02 Å². The molecular formula is C21H18ClNO3. The summed E-state index contributed by atoms with van der Waals surface area (Å²) in [7, 11) is 0. The van der Waals surface area contributed by atoms with E-state index in [0.717, 1.165) is 24.0 Å². The lowest BCUT2D eigenvalue weighted by Crippen LogP contribution is -2.48. The minimum atomic E-state index is -0.722. The standard InChI is InChI=1S/C21H18ClNO3/c22-18-9-4-1-6-15(18)10-11-19(24)23-13-5-12-21(14-23)17-8-3-2-7-16(17)20(25)26-21/h1-4,6-11H,5,12-14H2/b11-10+. The minimum absolute atomic E-state index is 0.107. The fourth-order valence-corrected chi connectivity index (χ4v) is 3.93. The van der Waals surface area contributed by atoms with E-state index in [9.17, 15) is 9.59 Å². The third-order valence-corrected chi connectivity index (χ3v) is 5.35. The van der Waals surface area contributed by atoms with E-state index in [1.54, 1.807) is 23.1 Å². The molecule has 132 valence electrons. The van der Waals surface area contributed by atoms with Gasteiger partial charge >= 0.3 is 5.97 Å². The van der Waals surface area contributed by atoms with Crippen molar-refractivity contribution in [2.45, 2.75) is 18.4 Å². The van der Waals surface area contributed by atoms with Crippen molar-refractivity contribution in [3.63, 3.8) is 0 Å². The van der Waals surface area contributed by atoms with Crippen LogP contribution >= 0.6 is 11.6 Å². The first-order valence-corrected chi connectivity index (χ1v) is 9.01. The molecule has 0 radical (unpaired) electrons. The number of fused-ring (bicyclic) bond motifs is 2. The molecule has 4 rings (SSSR count). The van der Waals surface area contributed by atoms with Gasteiger partial charge in [0.15, 0.2) is 5.60 Å². The van der Waals surface area contributed by atoms with E-state index in [0.29, 0.717) is 23.7 Å². The number of likely N-dealkylation sites (tertiary alicyclic amines) is 1. The molecule has 0 bridgehead atoms. The van der Waals surface area contributed by atoms with Crippen LogP contribution in [0.15, 0.2) is 54.6 Å². The van der Waals surface area contributed by atoms with E-state index in [-0.39, 0.29) is 11.9 Å². The molecule has 1 saturated heterocycles. The normalized spacial score (nSPS) is 21.9. The van der Waals surface area contributed by atoms with Crippen LogP contribution in [0.1, 0.15) is 34.3 Å². The summed E-state index contributed by atoms with van der Waals surface area (Å²) < 4.78 is 5.74. The van der Waals surface area contributed by atoms with Crippen LogP contribution in [0.4, 0.5) is 0 Å². The van der Waals surface area contributed by atoms with Gasteiger partial charge in [-0.3, -0.25) is 4.79 Å². The molecule has 0 aliphatic carbocycles. The first-order chi connectivity index (χ1) is 12.6. The molecule has 0 N–H and O–H groups in total. The highest BCUT2D eigenvalue weighted by atomic mass is 35.5. The molecule has 0 aromatic heterocycles. The van der Waals surface area contributed by atoms with Gasteiger partial charge in [0.25, 0.3) is 0 Å². The van der Waals surface area contributed by atoms with Crippen LogP contribution in [0.5, 0.6) is 0 Å². The topological polar surface area (TPSA) is 46.6 Å². The van der Waals surface area contributed by atoms with Crippen molar-refractivity contribution in [1.29, 1.82) is 0 Å². The van der Waals surface area contributed by atoms with Gasteiger partial charge in [0.05, 0.1) is 12.1 Å². The molecule has 1 amide bonds. The van der Waals surface area contributed by atoms with Gasteiger partial charge in [0.2, 0.25) is 5.91 Å². The maximum absolute atomic E-state index is 12.7. The predicted octanol–water partition coefficient (Wildman–Crippen LogP) is 4.04. The number of ether oxygens (including phenoxy) is 1. The Morgan fingerprint density at radius 1 is 1.15 bits per heavy atom. The molecule has 5 heteroatoms. The molecule has 2 aliphatic heterocycles. The first-order valence-electron chi connectivity index (χ1n) is 8.63. The average Bonchev–Trinajstić information content (AvgIpc) is 2.93. The zero-order chi connectivity index (χ0) is 18.1. The van der Waals surface area contributed by atoms with Crippen LogP contribution in [-0.4, -0.2) is 29.9 Å². The number of amides is 1. The Hall–Kier alpha value is -2.59. The molecular weight excluding hydrogens is 350 g/mol. The van der Waals surface area contributed by atoms with Gasteiger partial charge < -0.3 is 9.64 Å². The zero-order valence-corrected chi connectivity index (χ0v) is 14.9. The fourth-order valence-electron chi connectivity index (χ4n) is 3.74. The van der Waals surface area contributed by atoms with Crippen molar-refractivity contribution < 1.29 is 14.3 Å². The smallest absolute Gasteiger partial charge is 0.339 e. The highest BCUT2D eigenvalue weighted by Gasteiger charge is 2.48. The quantitative estimate of drug-likeness (QED) is 0.594. The summed E-state index contributed by atoms with van der Waals surface area (Å²) in [4.78, 5) is 26.6. The van der Waals surface area contributed by atoms with Gasteiger partial charge in [-0.1, -0.05) is 48.0 Å². The Balaban J connectivity index is 1.55. The maximum Gasteiger partial charge on any atom is 0.339 e. The van der Waals surface area contributed by atoms with Gasteiger partial charge in [-0.25, -0.2) is 4.79 Å². The lowest BCUT2D eigenvalue weighted by Gasteiger charge is -2.39.